The number of carbonyl (C=O) groups is 1. The third kappa shape index (κ3) is 1.95. The summed E-state index contributed by atoms with van der Waals surface area (Å²) in [6.07, 6.45) is 1.31. The van der Waals surface area contributed by atoms with Crippen molar-refractivity contribution in [3.63, 3.8) is 0 Å². The number of allylic oxidation sites excluding steroid dienone is 1. The van der Waals surface area contributed by atoms with Crippen LogP contribution in [0.15, 0.2) is 16.7 Å². The van der Waals surface area contributed by atoms with Crippen LogP contribution in [0.1, 0.15) is 18.4 Å². The van der Waals surface area contributed by atoms with E-state index < -0.39 is 0 Å². The van der Waals surface area contributed by atoms with Crippen molar-refractivity contribution in [1.82, 2.24) is 5.16 Å². The van der Waals surface area contributed by atoms with Gasteiger partial charge in [0.1, 0.15) is 0 Å². The third-order valence-corrected chi connectivity index (χ3v) is 1.27. The summed E-state index contributed by atoms with van der Waals surface area (Å²) in [5, 5.41) is 3.64. The van der Waals surface area contributed by atoms with Gasteiger partial charge in [0.2, 0.25) is 0 Å². The van der Waals surface area contributed by atoms with E-state index in [0.29, 0.717) is 11.5 Å². The zero-order valence-electron chi connectivity index (χ0n) is 7.00. The molecule has 0 bridgehead atoms. The highest BCUT2D eigenvalue weighted by molar-refractivity contribution is 5.93. The van der Waals surface area contributed by atoms with E-state index in [1.165, 1.54) is 13.0 Å². The Morgan fingerprint density at radius 2 is 2.42 bits per heavy atom. The maximum absolute atomic E-state index is 10.6. The number of rotatable bonds is 2. The molecule has 4 nitrogen and oxygen atoms in total. The van der Waals surface area contributed by atoms with Gasteiger partial charge in [0.05, 0.1) is 11.4 Å². The number of nitrogens with two attached hydrogens (primary N) is 1. The SMILES string of the molecule is CC(=O)/C=C(/N)c1cc(C)no1. The van der Waals surface area contributed by atoms with Crippen molar-refractivity contribution in [2.75, 3.05) is 0 Å². The van der Waals surface area contributed by atoms with Gasteiger partial charge >= 0.3 is 0 Å². The Bertz CT molecular complexity index is 326. The molecule has 0 aromatic carbocycles. The van der Waals surface area contributed by atoms with E-state index in [-0.39, 0.29) is 5.78 Å². The van der Waals surface area contributed by atoms with E-state index in [9.17, 15) is 4.79 Å². The Hall–Kier alpha value is -1.58. The first kappa shape index (κ1) is 8.52. The lowest BCUT2D eigenvalue weighted by molar-refractivity contribution is -0.112. The number of nitrogens with zero attached hydrogens (tertiary/aromatic N) is 1. The van der Waals surface area contributed by atoms with Gasteiger partial charge in [-0.25, -0.2) is 0 Å². The van der Waals surface area contributed by atoms with E-state index in [1.54, 1.807) is 13.0 Å². The van der Waals surface area contributed by atoms with Crippen LogP contribution < -0.4 is 5.73 Å². The Morgan fingerprint density at radius 1 is 1.75 bits per heavy atom. The zero-order chi connectivity index (χ0) is 9.14. The molecule has 0 aliphatic carbocycles. The molecule has 2 N–H and O–H groups in total. The molecule has 12 heavy (non-hydrogen) atoms. The van der Waals surface area contributed by atoms with Crippen LogP contribution in [0.2, 0.25) is 0 Å². The minimum Gasteiger partial charge on any atom is -0.396 e. The summed E-state index contributed by atoms with van der Waals surface area (Å²) in [6.45, 7) is 3.21. The average Bonchev–Trinajstić information content (AvgIpc) is 2.34. The fourth-order valence-electron chi connectivity index (χ4n) is 0.790. The normalized spacial score (nSPS) is 11.7. The zero-order valence-corrected chi connectivity index (χ0v) is 7.00. The molecule has 0 saturated heterocycles. The maximum atomic E-state index is 10.6. The molecule has 4 heteroatoms. The molecule has 0 saturated carbocycles. The molecule has 1 heterocycles. The Labute approximate surface area is 70.0 Å². The van der Waals surface area contributed by atoms with Gasteiger partial charge in [-0.15, -0.1) is 0 Å². The molecule has 0 fully saturated rings. The maximum Gasteiger partial charge on any atom is 0.182 e. The molecule has 1 aromatic heterocycles. The summed E-state index contributed by atoms with van der Waals surface area (Å²) in [7, 11) is 0. The predicted octanol–water partition coefficient (Wildman–Crippen LogP) is 0.872. The van der Waals surface area contributed by atoms with Gasteiger partial charge in [-0.3, -0.25) is 4.79 Å². The molecular formula is C8H10N2O2. The first-order chi connectivity index (χ1) is 5.59. The van der Waals surface area contributed by atoms with E-state index in [0.717, 1.165) is 5.69 Å². The van der Waals surface area contributed by atoms with Crippen LogP contribution in [-0.2, 0) is 4.79 Å². The molecule has 0 atom stereocenters. The highest BCUT2D eigenvalue weighted by atomic mass is 16.5. The second kappa shape index (κ2) is 3.21. The van der Waals surface area contributed by atoms with Crippen LogP contribution in [0.5, 0.6) is 0 Å². The summed E-state index contributed by atoms with van der Waals surface area (Å²) in [6, 6.07) is 1.68. The first-order valence-electron chi connectivity index (χ1n) is 3.51. The van der Waals surface area contributed by atoms with Gasteiger partial charge in [-0.2, -0.15) is 0 Å². The lowest BCUT2D eigenvalue weighted by Crippen LogP contribution is -1.97. The minimum absolute atomic E-state index is 0.110. The second-order valence-electron chi connectivity index (χ2n) is 2.54. The van der Waals surface area contributed by atoms with Gasteiger partial charge in [-0.1, -0.05) is 5.16 Å². The van der Waals surface area contributed by atoms with Crippen LogP contribution in [0.25, 0.3) is 5.70 Å². The van der Waals surface area contributed by atoms with Crippen LogP contribution in [0.3, 0.4) is 0 Å². The first-order valence-corrected chi connectivity index (χ1v) is 3.51. The molecule has 0 radical (unpaired) electrons. The van der Waals surface area contributed by atoms with E-state index >= 15 is 0 Å². The summed E-state index contributed by atoms with van der Waals surface area (Å²) >= 11 is 0. The van der Waals surface area contributed by atoms with Gasteiger partial charge < -0.3 is 10.3 Å². The van der Waals surface area contributed by atoms with E-state index in [1.807, 2.05) is 0 Å². The summed E-state index contributed by atoms with van der Waals surface area (Å²) < 4.78 is 4.83. The Balaban J connectivity index is 2.91. The fraction of sp³-hybridized carbons (Fsp3) is 0.250. The summed E-state index contributed by atoms with van der Waals surface area (Å²) in [5.74, 6) is 0.323. The molecule has 0 aliphatic heterocycles. The molecule has 0 unspecified atom stereocenters. The van der Waals surface area contributed by atoms with Crippen LogP contribution in [0.4, 0.5) is 0 Å². The highest BCUT2D eigenvalue weighted by Crippen LogP contribution is 2.09. The average molecular weight is 166 g/mol. The molecule has 0 spiro atoms. The number of aromatic nitrogens is 1. The molecule has 0 amide bonds. The number of hydrogen-bond acceptors (Lipinski definition) is 4. The van der Waals surface area contributed by atoms with Crippen molar-refractivity contribution in [3.05, 3.63) is 23.6 Å². The van der Waals surface area contributed by atoms with Crippen LogP contribution in [0, 0.1) is 6.92 Å². The predicted molar refractivity (Wildman–Crippen MR) is 44.1 cm³/mol. The monoisotopic (exact) mass is 166 g/mol. The van der Waals surface area contributed by atoms with Crippen LogP contribution >= 0.6 is 0 Å². The van der Waals surface area contributed by atoms with Gasteiger partial charge in [0, 0.05) is 12.1 Å². The lowest BCUT2D eigenvalue weighted by Gasteiger charge is -1.90. The summed E-state index contributed by atoms with van der Waals surface area (Å²) in [4.78, 5) is 10.6. The fourth-order valence-corrected chi connectivity index (χ4v) is 0.790. The van der Waals surface area contributed by atoms with Crippen molar-refractivity contribution in [2.24, 2.45) is 5.73 Å². The Kier molecular flexibility index (Phi) is 2.28. The smallest absolute Gasteiger partial charge is 0.182 e. The van der Waals surface area contributed by atoms with Crippen molar-refractivity contribution in [3.8, 4) is 0 Å². The number of aryl methyl sites for hydroxylation is 1. The van der Waals surface area contributed by atoms with Gasteiger partial charge in [0.15, 0.2) is 11.5 Å². The van der Waals surface area contributed by atoms with Gasteiger partial charge in [-0.05, 0) is 13.8 Å². The van der Waals surface area contributed by atoms with Crippen molar-refractivity contribution in [2.45, 2.75) is 13.8 Å². The number of ketones is 1. The van der Waals surface area contributed by atoms with Crippen molar-refractivity contribution < 1.29 is 9.32 Å². The van der Waals surface area contributed by atoms with E-state index in [4.69, 9.17) is 10.3 Å². The summed E-state index contributed by atoms with van der Waals surface area (Å²) in [5.41, 5.74) is 6.56. The second-order valence-corrected chi connectivity index (χ2v) is 2.54. The topological polar surface area (TPSA) is 69.1 Å². The molecule has 0 aliphatic rings. The molecular weight excluding hydrogens is 156 g/mol. The van der Waals surface area contributed by atoms with Crippen LogP contribution in [-0.4, -0.2) is 10.9 Å². The largest absolute Gasteiger partial charge is 0.396 e. The van der Waals surface area contributed by atoms with Crippen molar-refractivity contribution in [1.29, 1.82) is 0 Å². The highest BCUT2D eigenvalue weighted by Gasteiger charge is 2.03. The number of carbonyl (C=O) groups excluding carboxylic acids is 1. The van der Waals surface area contributed by atoms with E-state index in [2.05, 4.69) is 5.16 Å². The number of hydrogen-bond donors (Lipinski definition) is 1. The molecule has 1 rings (SSSR count). The Morgan fingerprint density at radius 3 is 2.83 bits per heavy atom. The lowest BCUT2D eigenvalue weighted by atomic mass is 10.2. The molecule has 64 valence electrons. The third-order valence-electron chi connectivity index (χ3n) is 1.27. The van der Waals surface area contributed by atoms with Gasteiger partial charge in [0.25, 0.3) is 0 Å². The molecule has 1 aromatic rings. The minimum atomic E-state index is -0.110. The van der Waals surface area contributed by atoms with Crippen molar-refractivity contribution >= 4 is 11.5 Å². The quantitative estimate of drug-likeness (QED) is 0.662. The standard InChI is InChI=1S/C8H10N2O2/c1-5-3-8(12-10-5)7(9)4-6(2)11/h3-4H,9H2,1-2H3/b7-4+.